The minimum Gasteiger partial charge on any atom is -0.467 e. The number of aromatic nitrogens is 2. The summed E-state index contributed by atoms with van der Waals surface area (Å²) in [5.41, 5.74) is -0.132. The molecule has 20 heavy (non-hydrogen) atoms. The first-order valence-electron chi connectivity index (χ1n) is 5.86. The minimum atomic E-state index is -0.728. The molecule has 0 saturated heterocycles. The van der Waals surface area contributed by atoms with E-state index in [-0.39, 0.29) is 22.5 Å². The number of ether oxygens (including phenoxy) is 1. The van der Waals surface area contributed by atoms with Crippen LogP contribution in [0.25, 0.3) is 0 Å². The van der Waals surface area contributed by atoms with E-state index >= 15 is 0 Å². The van der Waals surface area contributed by atoms with Crippen LogP contribution in [0.1, 0.15) is 19.5 Å². The van der Waals surface area contributed by atoms with Crippen molar-refractivity contribution in [3.05, 3.63) is 21.1 Å². The number of nitro groups is 1. The molecule has 9 heteroatoms. The van der Waals surface area contributed by atoms with E-state index in [4.69, 9.17) is 11.6 Å². The lowest BCUT2D eigenvalue weighted by Gasteiger charge is -2.26. The van der Waals surface area contributed by atoms with Gasteiger partial charge in [0.1, 0.15) is 11.7 Å². The number of methoxy groups -OCH3 is 1. The highest BCUT2D eigenvalue weighted by molar-refractivity contribution is 6.28. The largest absolute Gasteiger partial charge is 0.467 e. The van der Waals surface area contributed by atoms with E-state index in [1.165, 1.54) is 18.9 Å². The number of hydrogen-bond acceptors (Lipinski definition) is 7. The number of carbonyl (C=O) groups is 1. The third-order valence-corrected chi connectivity index (χ3v) is 2.99. The molecular weight excluding hydrogens is 288 g/mol. The van der Waals surface area contributed by atoms with Gasteiger partial charge in [-0.15, -0.1) is 0 Å². The second-order valence-corrected chi connectivity index (χ2v) is 4.33. The van der Waals surface area contributed by atoms with Crippen LogP contribution >= 0.6 is 11.6 Å². The second-order valence-electron chi connectivity index (χ2n) is 3.99. The normalized spacial score (nSPS) is 11.8. The lowest BCUT2D eigenvalue weighted by atomic mass is 10.2. The summed E-state index contributed by atoms with van der Waals surface area (Å²) in [6.07, 6.45) is 0. The van der Waals surface area contributed by atoms with Crippen molar-refractivity contribution in [2.24, 2.45) is 0 Å². The average molecular weight is 303 g/mol. The smallest absolute Gasteiger partial charge is 0.332 e. The summed E-state index contributed by atoms with van der Waals surface area (Å²) >= 11 is 5.76. The SMILES string of the molecule is CCN(c1nc(Cl)nc(C)c1[N+](=O)[O-])C(C)C(=O)OC. The number of halogens is 1. The number of carbonyl (C=O) groups excluding carboxylic acids is 1. The Labute approximate surface area is 120 Å². The molecule has 0 radical (unpaired) electrons. The van der Waals surface area contributed by atoms with Crippen LogP contribution in [-0.2, 0) is 9.53 Å². The Morgan fingerprint density at radius 2 is 2.15 bits per heavy atom. The summed E-state index contributed by atoms with van der Waals surface area (Å²) in [5, 5.41) is 11.1. The average Bonchev–Trinajstić information content (AvgIpc) is 2.37. The van der Waals surface area contributed by atoms with E-state index < -0.39 is 16.9 Å². The van der Waals surface area contributed by atoms with Crippen molar-refractivity contribution in [2.75, 3.05) is 18.6 Å². The lowest BCUT2D eigenvalue weighted by Crippen LogP contribution is -2.40. The highest BCUT2D eigenvalue weighted by Gasteiger charge is 2.31. The third-order valence-electron chi connectivity index (χ3n) is 2.82. The minimum absolute atomic E-state index is 0.00731. The monoisotopic (exact) mass is 302 g/mol. The standard InChI is InChI=1S/C11H15ClN4O4/c1-5-15(7(3)10(17)20-4)9-8(16(18)19)6(2)13-11(12)14-9/h7H,5H2,1-4H3. The van der Waals surface area contributed by atoms with Crippen LogP contribution in [0, 0.1) is 17.0 Å². The quantitative estimate of drug-likeness (QED) is 0.353. The highest BCUT2D eigenvalue weighted by Crippen LogP contribution is 2.31. The number of esters is 1. The Morgan fingerprint density at radius 1 is 1.55 bits per heavy atom. The molecule has 1 atom stereocenters. The number of likely N-dealkylation sites (N-methyl/N-ethyl adjacent to an activating group) is 1. The maximum absolute atomic E-state index is 11.6. The summed E-state index contributed by atoms with van der Waals surface area (Å²) in [7, 11) is 1.25. The van der Waals surface area contributed by atoms with Crippen molar-refractivity contribution in [1.82, 2.24) is 9.97 Å². The fourth-order valence-corrected chi connectivity index (χ4v) is 2.04. The van der Waals surface area contributed by atoms with Crippen molar-refractivity contribution in [3.63, 3.8) is 0 Å². The highest BCUT2D eigenvalue weighted by atomic mass is 35.5. The van der Waals surface area contributed by atoms with Crippen LogP contribution in [-0.4, -0.2) is 40.6 Å². The fourth-order valence-electron chi connectivity index (χ4n) is 1.84. The molecule has 1 aromatic heterocycles. The van der Waals surface area contributed by atoms with Crippen LogP contribution in [0.15, 0.2) is 0 Å². The van der Waals surface area contributed by atoms with E-state index in [0.29, 0.717) is 6.54 Å². The molecule has 1 rings (SSSR count). The molecular formula is C11H15ClN4O4. The Bertz CT molecular complexity index is 537. The van der Waals surface area contributed by atoms with Gasteiger partial charge in [0.15, 0.2) is 0 Å². The van der Waals surface area contributed by atoms with Crippen LogP contribution in [0.4, 0.5) is 11.5 Å². The van der Waals surface area contributed by atoms with Crippen molar-refractivity contribution in [2.45, 2.75) is 26.8 Å². The van der Waals surface area contributed by atoms with Gasteiger partial charge in [-0.1, -0.05) is 0 Å². The summed E-state index contributed by atoms with van der Waals surface area (Å²) < 4.78 is 4.65. The number of rotatable bonds is 5. The van der Waals surface area contributed by atoms with Gasteiger partial charge in [-0.25, -0.2) is 9.78 Å². The maximum Gasteiger partial charge on any atom is 0.332 e. The first-order valence-corrected chi connectivity index (χ1v) is 6.24. The molecule has 1 heterocycles. The van der Waals surface area contributed by atoms with Crippen LogP contribution in [0.5, 0.6) is 0 Å². The van der Waals surface area contributed by atoms with Crippen LogP contribution < -0.4 is 4.90 Å². The molecule has 0 saturated carbocycles. The molecule has 0 amide bonds. The van der Waals surface area contributed by atoms with Gasteiger partial charge >= 0.3 is 11.7 Å². The van der Waals surface area contributed by atoms with Gasteiger partial charge in [-0.2, -0.15) is 4.98 Å². The second kappa shape index (κ2) is 6.47. The third kappa shape index (κ3) is 3.13. The summed E-state index contributed by atoms with van der Waals surface area (Å²) in [4.78, 5) is 31.3. The molecule has 0 N–H and O–H groups in total. The molecule has 8 nitrogen and oxygen atoms in total. The molecule has 0 bridgehead atoms. The first kappa shape index (κ1) is 16.1. The molecule has 110 valence electrons. The van der Waals surface area contributed by atoms with Gasteiger partial charge in [0.2, 0.25) is 11.1 Å². The number of nitrogens with zero attached hydrogens (tertiary/aromatic N) is 4. The van der Waals surface area contributed by atoms with E-state index in [1.807, 2.05) is 0 Å². The Morgan fingerprint density at radius 3 is 2.60 bits per heavy atom. The zero-order chi connectivity index (χ0) is 15.4. The molecule has 0 aromatic carbocycles. The van der Waals surface area contributed by atoms with Gasteiger partial charge in [0.05, 0.1) is 12.0 Å². The predicted molar refractivity (Wildman–Crippen MR) is 72.9 cm³/mol. The summed E-state index contributed by atoms with van der Waals surface area (Å²) in [6.45, 7) is 5.11. The zero-order valence-electron chi connectivity index (χ0n) is 11.6. The number of anilines is 1. The molecule has 1 aromatic rings. The lowest BCUT2D eigenvalue weighted by molar-refractivity contribution is -0.385. The van der Waals surface area contributed by atoms with Crippen molar-refractivity contribution in [1.29, 1.82) is 0 Å². The number of aryl methyl sites for hydroxylation is 1. The van der Waals surface area contributed by atoms with E-state index in [9.17, 15) is 14.9 Å². The Kier molecular flexibility index (Phi) is 5.20. The van der Waals surface area contributed by atoms with Crippen molar-refractivity contribution >= 4 is 29.1 Å². The number of hydrogen-bond donors (Lipinski definition) is 0. The maximum atomic E-state index is 11.6. The Balaban J connectivity index is 3.41. The topological polar surface area (TPSA) is 98.5 Å². The molecule has 0 aliphatic carbocycles. The van der Waals surface area contributed by atoms with Crippen molar-refractivity contribution < 1.29 is 14.5 Å². The molecule has 0 aliphatic rings. The molecule has 0 fully saturated rings. The van der Waals surface area contributed by atoms with E-state index in [2.05, 4.69) is 14.7 Å². The van der Waals surface area contributed by atoms with Crippen molar-refractivity contribution in [3.8, 4) is 0 Å². The van der Waals surface area contributed by atoms with Gasteiger partial charge in [0, 0.05) is 6.54 Å². The van der Waals surface area contributed by atoms with E-state index in [1.54, 1.807) is 13.8 Å². The van der Waals surface area contributed by atoms with Gasteiger partial charge in [0.25, 0.3) is 0 Å². The molecule has 0 aliphatic heterocycles. The molecule has 0 spiro atoms. The zero-order valence-corrected chi connectivity index (χ0v) is 12.3. The van der Waals surface area contributed by atoms with Crippen LogP contribution in [0.3, 0.4) is 0 Å². The fraction of sp³-hybridized carbons (Fsp3) is 0.545. The Hall–Kier alpha value is -1.96. The van der Waals surface area contributed by atoms with Gasteiger partial charge in [-0.3, -0.25) is 10.1 Å². The predicted octanol–water partition coefficient (Wildman–Crippen LogP) is 1.73. The van der Waals surface area contributed by atoms with Crippen LogP contribution in [0.2, 0.25) is 5.28 Å². The van der Waals surface area contributed by atoms with E-state index in [0.717, 1.165) is 0 Å². The summed E-state index contributed by atoms with van der Waals surface area (Å²) in [5.74, 6) is -0.513. The summed E-state index contributed by atoms with van der Waals surface area (Å²) in [6, 6.07) is -0.728. The molecule has 1 unspecified atom stereocenters. The first-order chi connectivity index (χ1) is 9.33. The van der Waals surface area contributed by atoms with Gasteiger partial charge in [-0.05, 0) is 32.4 Å². The van der Waals surface area contributed by atoms with Gasteiger partial charge < -0.3 is 9.64 Å².